The quantitative estimate of drug-likeness (QED) is 0.351. The van der Waals surface area contributed by atoms with Gasteiger partial charge in [0.1, 0.15) is 18.4 Å². The van der Waals surface area contributed by atoms with Crippen molar-refractivity contribution in [2.24, 2.45) is 5.10 Å². The van der Waals surface area contributed by atoms with Crippen LogP contribution in [0.15, 0.2) is 82.4 Å². The number of anilines is 1. The Balaban J connectivity index is 1.58. The number of halogens is 1. The third-order valence-corrected chi connectivity index (χ3v) is 4.98. The fraction of sp³-hybridized carbons (Fsp3) is 0.167. The van der Waals surface area contributed by atoms with Crippen LogP contribution in [0, 0.1) is 6.92 Å². The molecule has 0 unspecified atom stereocenters. The fourth-order valence-electron chi connectivity index (χ4n) is 2.80. The van der Waals surface area contributed by atoms with E-state index in [-0.39, 0.29) is 5.91 Å². The molecule has 0 spiro atoms. The van der Waals surface area contributed by atoms with Crippen molar-refractivity contribution in [1.29, 1.82) is 0 Å². The number of hydrazone groups is 1. The molecule has 0 bridgehead atoms. The first-order chi connectivity index (χ1) is 14.5. The van der Waals surface area contributed by atoms with Crippen LogP contribution >= 0.6 is 15.9 Å². The molecule has 0 aliphatic heterocycles. The predicted molar refractivity (Wildman–Crippen MR) is 125 cm³/mol. The zero-order valence-corrected chi connectivity index (χ0v) is 18.5. The summed E-state index contributed by atoms with van der Waals surface area (Å²) in [6.45, 7) is 4.23. The van der Waals surface area contributed by atoms with Crippen LogP contribution in [-0.4, -0.2) is 18.2 Å². The molecule has 0 radical (unpaired) electrons. The zero-order chi connectivity index (χ0) is 21.3. The fourth-order valence-corrected chi connectivity index (χ4v) is 3.25. The maximum absolute atomic E-state index is 12.4. The van der Waals surface area contributed by atoms with Crippen molar-refractivity contribution in [2.75, 3.05) is 5.32 Å². The summed E-state index contributed by atoms with van der Waals surface area (Å²) in [6, 6.07) is 22.9. The minimum atomic E-state index is -0.425. The van der Waals surface area contributed by atoms with Gasteiger partial charge in [0.05, 0.1) is 6.21 Å². The molecule has 3 rings (SSSR count). The second kappa shape index (κ2) is 10.6. The first-order valence-corrected chi connectivity index (χ1v) is 10.4. The van der Waals surface area contributed by atoms with Gasteiger partial charge in [-0.05, 0) is 55.3 Å². The largest absolute Gasteiger partial charge is 0.488 e. The zero-order valence-electron chi connectivity index (χ0n) is 16.9. The van der Waals surface area contributed by atoms with Gasteiger partial charge in [-0.15, -0.1) is 0 Å². The van der Waals surface area contributed by atoms with Gasteiger partial charge in [-0.1, -0.05) is 58.4 Å². The number of aryl methyl sites for hydroxylation is 1. The van der Waals surface area contributed by atoms with Crippen LogP contribution in [0.4, 0.5) is 5.69 Å². The van der Waals surface area contributed by atoms with Crippen molar-refractivity contribution in [3.8, 4) is 5.75 Å². The second-order valence-electron chi connectivity index (χ2n) is 6.87. The minimum absolute atomic E-state index is 0.220. The Hall–Kier alpha value is -3.12. The van der Waals surface area contributed by atoms with Gasteiger partial charge in [0.15, 0.2) is 0 Å². The Bertz CT molecular complexity index is 1040. The molecule has 0 fully saturated rings. The van der Waals surface area contributed by atoms with Crippen LogP contribution in [0.25, 0.3) is 0 Å². The van der Waals surface area contributed by atoms with Gasteiger partial charge in [0.25, 0.3) is 5.91 Å². The van der Waals surface area contributed by atoms with E-state index in [1.165, 1.54) is 0 Å². The molecule has 2 N–H and O–H groups in total. The van der Waals surface area contributed by atoms with Crippen LogP contribution in [0.1, 0.15) is 23.6 Å². The molecule has 5 nitrogen and oxygen atoms in total. The van der Waals surface area contributed by atoms with E-state index in [0.717, 1.165) is 26.9 Å². The van der Waals surface area contributed by atoms with Crippen molar-refractivity contribution in [3.63, 3.8) is 0 Å². The number of amides is 1. The molecule has 0 aromatic heterocycles. The number of hydrogen-bond donors (Lipinski definition) is 2. The normalized spacial score (nSPS) is 11.8. The predicted octanol–water partition coefficient (Wildman–Crippen LogP) is 5.29. The van der Waals surface area contributed by atoms with Crippen LogP contribution in [-0.2, 0) is 11.4 Å². The molecule has 154 valence electrons. The lowest BCUT2D eigenvalue weighted by Gasteiger charge is -2.15. The molecular weight excluding hydrogens is 442 g/mol. The number of carbonyl (C=O) groups excluding carboxylic acids is 1. The Morgan fingerprint density at radius 3 is 2.67 bits per heavy atom. The SMILES string of the molecule is Cc1ccccc1N[C@H](C)C(=O)N/N=C/c1ccccc1OCc1cccc(Br)c1. The van der Waals surface area contributed by atoms with E-state index in [1.54, 1.807) is 13.1 Å². The Morgan fingerprint density at radius 2 is 1.87 bits per heavy atom. The molecular formula is C24H24BrN3O2. The van der Waals surface area contributed by atoms with E-state index in [9.17, 15) is 4.79 Å². The highest BCUT2D eigenvalue weighted by molar-refractivity contribution is 9.10. The summed E-state index contributed by atoms with van der Waals surface area (Å²) < 4.78 is 6.95. The monoisotopic (exact) mass is 465 g/mol. The lowest BCUT2D eigenvalue weighted by Crippen LogP contribution is -2.35. The van der Waals surface area contributed by atoms with Gasteiger partial charge < -0.3 is 10.1 Å². The highest BCUT2D eigenvalue weighted by Crippen LogP contribution is 2.19. The third kappa shape index (κ3) is 6.19. The van der Waals surface area contributed by atoms with E-state index in [1.807, 2.05) is 79.7 Å². The number of benzene rings is 3. The molecule has 3 aromatic carbocycles. The number of rotatable bonds is 8. The van der Waals surface area contributed by atoms with Crippen LogP contribution in [0.3, 0.4) is 0 Å². The van der Waals surface area contributed by atoms with Crippen LogP contribution < -0.4 is 15.5 Å². The lowest BCUT2D eigenvalue weighted by molar-refractivity contribution is -0.121. The van der Waals surface area contributed by atoms with Crippen molar-refractivity contribution in [1.82, 2.24) is 5.43 Å². The molecule has 3 aromatic rings. The number of para-hydroxylation sites is 2. The molecule has 0 saturated carbocycles. The Kier molecular flexibility index (Phi) is 7.63. The molecule has 0 saturated heterocycles. The topological polar surface area (TPSA) is 62.7 Å². The maximum atomic E-state index is 12.4. The number of nitrogens with zero attached hydrogens (tertiary/aromatic N) is 1. The smallest absolute Gasteiger partial charge is 0.262 e. The highest BCUT2D eigenvalue weighted by Gasteiger charge is 2.12. The molecule has 1 atom stereocenters. The standard InChI is InChI=1S/C24H24BrN3O2/c1-17-8-3-5-12-22(17)27-18(2)24(29)28-26-15-20-10-4-6-13-23(20)30-16-19-9-7-11-21(25)14-19/h3-15,18,27H,16H2,1-2H3,(H,28,29)/b26-15+/t18-/m1/s1. The minimum Gasteiger partial charge on any atom is -0.488 e. The van der Waals surface area contributed by atoms with Crippen LogP contribution in [0.2, 0.25) is 0 Å². The van der Waals surface area contributed by atoms with Gasteiger partial charge in [0.2, 0.25) is 0 Å². The third-order valence-electron chi connectivity index (χ3n) is 4.49. The van der Waals surface area contributed by atoms with Gasteiger partial charge in [0, 0.05) is 15.7 Å². The summed E-state index contributed by atoms with van der Waals surface area (Å²) in [5.41, 5.74) is 6.43. The van der Waals surface area contributed by atoms with Gasteiger partial charge in [-0.3, -0.25) is 4.79 Å². The number of ether oxygens (including phenoxy) is 1. The molecule has 30 heavy (non-hydrogen) atoms. The first-order valence-electron chi connectivity index (χ1n) is 9.64. The maximum Gasteiger partial charge on any atom is 0.262 e. The molecule has 0 aliphatic carbocycles. The van der Waals surface area contributed by atoms with Gasteiger partial charge >= 0.3 is 0 Å². The molecule has 6 heteroatoms. The summed E-state index contributed by atoms with van der Waals surface area (Å²) >= 11 is 3.46. The van der Waals surface area contributed by atoms with Crippen LogP contribution in [0.5, 0.6) is 5.75 Å². The molecule has 0 heterocycles. The average molecular weight is 466 g/mol. The second-order valence-corrected chi connectivity index (χ2v) is 7.79. The first kappa shape index (κ1) is 21.6. The van der Waals surface area contributed by atoms with E-state index >= 15 is 0 Å². The summed E-state index contributed by atoms with van der Waals surface area (Å²) in [5.74, 6) is 0.476. The average Bonchev–Trinajstić information content (AvgIpc) is 2.74. The number of carbonyl (C=O) groups is 1. The van der Waals surface area contributed by atoms with E-state index < -0.39 is 6.04 Å². The van der Waals surface area contributed by atoms with Crippen molar-refractivity contribution in [2.45, 2.75) is 26.5 Å². The van der Waals surface area contributed by atoms with E-state index in [4.69, 9.17) is 4.74 Å². The highest BCUT2D eigenvalue weighted by atomic mass is 79.9. The number of hydrogen-bond acceptors (Lipinski definition) is 4. The Labute approximate surface area is 185 Å². The van der Waals surface area contributed by atoms with Crippen molar-refractivity contribution < 1.29 is 9.53 Å². The molecule has 1 amide bonds. The van der Waals surface area contributed by atoms with Gasteiger partial charge in [-0.2, -0.15) is 5.10 Å². The summed E-state index contributed by atoms with van der Waals surface area (Å²) in [7, 11) is 0. The van der Waals surface area contributed by atoms with E-state index in [2.05, 4.69) is 31.8 Å². The summed E-state index contributed by atoms with van der Waals surface area (Å²) in [5, 5.41) is 7.30. The summed E-state index contributed by atoms with van der Waals surface area (Å²) in [4.78, 5) is 12.4. The van der Waals surface area contributed by atoms with Crippen molar-refractivity contribution in [3.05, 3.63) is 94.0 Å². The Morgan fingerprint density at radius 1 is 1.10 bits per heavy atom. The van der Waals surface area contributed by atoms with Gasteiger partial charge in [-0.25, -0.2) is 5.43 Å². The lowest BCUT2D eigenvalue weighted by atomic mass is 10.2. The molecule has 0 aliphatic rings. The summed E-state index contributed by atoms with van der Waals surface area (Å²) in [6.07, 6.45) is 1.59. The van der Waals surface area contributed by atoms with E-state index in [0.29, 0.717) is 12.4 Å². The number of nitrogens with one attached hydrogen (secondary N) is 2. The van der Waals surface area contributed by atoms with Crippen molar-refractivity contribution >= 4 is 33.7 Å².